The van der Waals surface area contributed by atoms with Crippen LogP contribution < -0.4 is 14.8 Å². The molecule has 3 rings (SSSR count). The maximum absolute atomic E-state index is 5.56. The minimum atomic E-state index is 0.259. The molecule has 1 aliphatic rings. The molecule has 0 saturated heterocycles. The van der Waals surface area contributed by atoms with E-state index in [-0.39, 0.29) is 6.04 Å². The summed E-state index contributed by atoms with van der Waals surface area (Å²) < 4.78 is 12.8. The van der Waals surface area contributed by atoms with E-state index in [9.17, 15) is 0 Å². The lowest BCUT2D eigenvalue weighted by atomic mass is 10.0. The number of fused-ring (bicyclic) bond motifs is 1. The number of methoxy groups -OCH3 is 1. The number of hydrogen-bond donors (Lipinski definition) is 1. The highest BCUT2D eigenvalue weighted by molar-refractivity contribution is 5.40. The number of benzene rings is 1. The number of nitrogens with one attached hydrogen (secondary N) is 1. The molecule has 2 heterocycles. The van der Waals surface area contributed by atoms with Crippen LogP contribution in [-0.2, 0) is 20.0 Å². The predicted molar refractivity (Wildman–Crippen MR) is 85.4 cm³/mol. The van der Waals surface area contributed by atoms with E-state index in [1.165, 1.54) is 11.1 Å². The molecule has 0 amide bonds. The van der Waals surface area contributed by atoms with Crippen LogP contribution in [0.3, 0.4) is 0 Å². The lowest BCUT2D eigenvalue weighted by molar-refractivity contribution is 0.356. The lowest BCUT2D eigenvalue weighted by Gasteiger charge is -2.15. The molecule has 5 heteroatoms. The normalized spacial score (nSPS) is 14.5. The Balaban J connectivity index is 1.71. The van der Waals surface area contributed by atoms with Crippen molar-refractivity contribution in [2.75, 3.05) is 13.7 Å². The zero-order valence-electron chi connectivity index (χ0n) is 13.6. The molecule has 0 bridgehead atoms. The highest BCUT2D eigenvalue weighted by Crippen LogP contribution is 2.28. The number of ether oxygens (including phenoxy) is 2. The Morgan fingerprint density at radius 1 is 1.45 bits per heavy atom. The molecular formula is C17H23N3O2. The summed E-state index contributed by atoms with van der Waals surface area (Å²) >= 11 is 0. The maximum atomic E-state index is 5.56. The van der Waals surface area contributed by atoms with Crippen LogP contribution in [0.5, 0.6) is 11.6 Å². The first-order valence-electron chi connectivity index (χ1n) is 7.65. The summed E-state index contributed by atoms with van der Waals surface area (Å²) in [5, 5.41) is 7.98. The smallest absolute Gasteiger partial charge is 0.216 e. The summed E-state index contributed by atoms with van der Waals surface area (Å²) in [6.45, 7) is 5.72. The van der Waals surface area contributed by atoms with Crippen LogP contribution in [0.15, 0.2) is 18.2 Å². The Hall–Kier alpha value is -2.01. The molecule has 5 nitrogen and oxygen atoms in total. The summed E-state index contributed by atoms with van der Waals surface area (Å²) in [7, 11) is 3.59. The Morgan fingerprint density at radius 3 is 3.05 bits per heavy atom. The molecule has 0 aliphatic carbocycles. The fourth-order valence-corrected chi connectivity index (χ4v) is 2.99. The summed E-state index contributed by atoms with van der Waals surface area (Å²) in [4.78, 5) is 0. The van der Waals surface area contributed by atoms with Crippen molar-refractivity contribution in [3.05, 3.63) is 40.6 Å². The van der Waals surface area contributed by atoms with Crippen molar-refractivity contribution >= 4 is 0 Å². The monoisotopic (exact) mass is 301 g/mol. The van der Waals surface area contributed by atoms with Gasteiger partial charge in [0, 0.05) is 26.1 Å². The molecule has 22 heavy (non-hydrogen) atoms. The minimum absolute atomic E-state index is 0.259. The van der Waals surface area contributed by atoms with Crippen molar-refractivity contribution in [3.63, 3.8) is 0 Å². The van der Waals surface area contributed by atoms with Crippen molar-refractivity contribution < 1.29 is 9.47 Å². The zero-order chi connectivity index (χ0) is 15.7. The van der Waals surface area contributed by atoms with Crippen molar-refractivity contribution in [1.82, 2.24) is 15.1 Å². The van der Waals surface area contributed by atoms with Gasteiger partial charge in [0.05, 0.1) is 25.0 Å². The third-order valence-electron chi connectivity index (χ3n) is 4.28. The highest BCUT2D eigenvalue weighted by Gasteiger charge is 2.17. The molecule has 0 radical (unpaired) electrons. The Kier molecular flexibility index (Phi) is 4.07. The van der Waals surface area contributed by atoms with Gasteiger partial charge >= 0.3 is 0 Å². The first-order chi connectivity index (χ1) is 10.6. The van der Waals surface area contributed by atoms with E-state index in [4.69, 9.17) is 9.47 Å². The lowest BCUT2D eigenvalue weighted by Crippen LogP contribution is -2.19. The van der Waals surface area contributed by atoms with Gasteiger partial charge in [0.1, 0.15) is 5.75 Å². The van der Waals surface area contributed by atoms with Crippen LogP contribution in [-0.4, -0.2) is 23.5 Å². The van der Waals surface area contributed by atoms with Gasteiger partial charge in [-0.05, 0) is 31.0 Å². The van der Waals surface area contributed by atoms with Gasteiger partial charge in [0.2, 0.25) is 5.88 Å². The van der Waals surface area contributed by atoms with Gasteiger partial charge in [0.25, 0.3) is 0 Å². The van der Waals surface area contributed by atoms with Crippen LogP contribution in [0.25, 0.3) is 0 Å². The van der Waals surface area contributed by atoms with Crippen molar-refractivity contribution in [1.29, 1.82) is 0 Å². The van der Waals surface area contributed by atoms with Gasteiger partial charge in [0.15, 0.2) is 0 Å². The average Bonchev–Trinajstić information content (AvgIpc) is 3.07. The third kappa shape index (κ3) is 2.68. The fraction of sp³-hybridized carbons (Fsp3) is 0.471. The zero-order valence-corrected chi connectivity index (χ0v) is 13.6. The van der Waals surface area contributed by atoms with Crippen LogP contribution in [0.1, 0.15) is 35.3 Å². The molecule has 1 atom stereocenters. The van der Waals surface area contributed by atoms with Crippen LogP contribution in [0, 0.1) is 6.92 Å². The number of rotatable bonds is 5. The van der Waals surface area contributed by atoms with Crippen molar-refractivity contribution in [2.45, 2.75) is 32.9 Å². The summed E-state index contributed by atoms with van der Waals surface area (Å²) in [5.41, 5.74) is 4.70. The van der Waals surface area contributed by atoms with Gasteiger partial charge in [-0.2, -0.15) is 5.10 Å². The van der Waals surface area contributed by atoms with Crippen molar-refractivity contribution in [2.24, 2.45) is 7.05 Å². The molecule has 2 aromatic rings. The van der Waals surface area contributed by atoms with Crippen LogP contribution in [0.4, 0.5) is 0 Å². The molecule has 0 saturated carbocycles. The molecular weight excluding hydrogens is 278 g/mol. The van der Waals surface area contributed by atoms with Crippen molar-refractivity contribution in [3.8, 4) is 11.6 Å². The quantitative estimate of drug-likeness (QED) is 0.922. The number of aromatic nitrogens is 2. The molecule has 0 spiro atoms. The Bertz CT molecular complexity index is 679. The first-order valence-corrected chi connectivity index (χ1v) is 7.65. The van der Waals surface area contributed by atoms with E-state index in [1.807, 2.05) is 14.0 Å². The molecule has 0 fully saturated rings. The van der Waals surface area contributed by atoms with E-state index in [2.05, 4.69) is 35.5 Å². The van der Waals surface area contributed by atoms with Crippen LogP contribution >= 0.6 is 0 Å². The van der Waals surface area contributed by atoms with E-state index in [0.29, 0.717) is 0 Å². The predicted octanol–water partition coefficient (Wildman–Crippen LogP) is 2.52. The Labute approximate surface area is 131 Å². The second-order valence-corrected chi connectivity index (χ2v) is 5.77. The third-order valence-corrected chi connectivity index (χ3v) is 4.28. The molecule has 1 aromatic carbocycles. The SMILES string of the molecule is COc1c(CNC(C)c2ccc3c(c2)CCO3)c(C)nn1C. The second kappa shape index (κ2) is 6.01. The van der Waals surface area contributed by atoms with Gasteiger partial charge in [-0.15, -0.1) is 0 Å². The molecule has 1 unspecified atom stereocenters. The molecule has 1 aliphatic heterocycles. The topological polar surface area (TPSA) is 48.3 Å². The number of nitrogens with zero attached hydrogens (tertiary/aromatic N) is 2. The highest BCUT2D eigenvalue weighted by atomic mass is 16.5. The molecule has 118 valence electrons. The number of aryl methyl sites for hydroxylation is 2. The van der Waals surface area contributed by atoms with Crippen LogP contribution in [0.2, 0.25) is 0 Å². The van der Waals surface area contributed by atoms with Gasteiger partial charge in [-0.3, -0.25) is 0 Å². The minimum Gasteiger partial charge on any atom is -0.493 e. The van der Waals surface area contributed by atoms with E-state index < -0.39 is 0 Å². The van der Waals surface area contributed by atoms with E-state index in [1.54, 1.807) is 11.8 Å². The summed E-state index contributed by atoms with van der Waals surface area (Å²) in [6, 6.07) is 6.71. The number of hydrogen-bond acceptors (Lipinski definition) is 4. The molecule has 1 N–H and O–H groups in total. The van der Waals surface area contributed by atoms with Gasteiger partial charge in [-0.25, -0.2) is 4.68 Å². The summed E-state index contributed by atoms with van der Waals surface area (Å²) in [5.74, 6) is 1.85. The standard InChI is InChI=1S/C17H23N3O2/c1-11(13-5-6-16-14(9-13)7-8-22-16)18-10-15-12(2)19-20(3)17(15)21-4/h5-6,9,11,18H,7-8,10H2,1-4H3. The fourth-order valence-electron chi connectivity index (χ4n) is 2.99. The molecule has 1 aromatic heterocycles. The van der Waals surface area contributed by atoms with Gasteiger partial charge < -0.3 is 14.8 Å². The largest absolute Gasteiger partial charge is 0.493 e. The summed E-state index contributed by atoms with van der Waals surface area (Å²) in [6.07, 6.45) is 1.01. The Morgan fingerprint density at radius 2 is 2.27 bits per heavy atom. The average molecular weight is 301 g/mol. The van der Waals surface area contributed by atoms with E-state index in [0.717, 1.165) is 42.5 Å². The second-order valence-electron chi connectivity index (χ2n) is 5.77. The maximum Gasteiger partial charge on any atom is 0.216 e. The van der Waals surface area contributed by atoms with Gasteiger partial charge in [-0.1, -0.05) is 12.1 Å². The first kappa shape index (κ1) is 14.9. The van der Waals surface area contributed by atoms with E-state index >= 15 is 0 Å².